The zero-order valence-corrected chi connectivity index (χ0v) is 13.8. The van der Waals surface area contributed by atoms with E-state index in [1.165, 1.54) is 0 Å². The first-order chi connectivity index (χ1) is 11.8. The summed E-state index contributed by atoms with van der Waals surface area (Å²) in [5.74, 6) is 1.82. The van der Waals surface area contributed by atoms with Crippen LogP contribution in [0.1, 0.15) is 5.76 Å². The normalized spacial score (nSPS) is 10.9. The summed E-state index contributed by atoms with van der Waals surface area (Å²) in [6.45, 7) is 0.464. The van der Waals surface area contributed by atoms with E-state index in [0.717, 1.165) is 15.9 Å². The molecule has 9 heteroatoms. The lowest BCUT2D eigenvalue weighted by molar-refractivity contribution is 0.314. The van der Waals surface area contributed by atoms with E-state index < -0.39 is 0 Å². The number of anilines is 3. The quantitative estimate of drug-likeness (QED) is 0.534. The molecule has 0 saturated carbocycles. The van der Waals surface area contributed by atoms with Crippen LogP contribution in [0.5, 0.6) is 0 Å². The summed E-state index contributed by atoms with van der Waals surface area (Å²) in [5.41, 5.74) is 1.52. The lowest BCUT2D eigenvalue weighted by Crippen LogP contribution is -2.06. The number of hydrogen-bond donors (Lipinski definition) is 2. The van der Waals surface area contributed by atoms with Gasteiger partial charge in [0.25, 0.3) is 0 Å². The topological polar surface area (TPSA) is 102 Å². The fraction of sp³-hybridized carbons (Fsp3) is 0.0667. The maximum Gasteiger partial charge on any atom is 0.245 e. The Kier molecular flexibility index (Phi) is 3.83. The third-order valence-electron chi connectivity index (χ3n) is 3.21. The van der Waals surface area contributed by atoms with Crippen molar-refractivity contribution in [3.8, 4) is 0 Å². The van der Waals surface area contributed by atoms with Crippen LogP contribution < -0.4 is 10.6 Å². The molecule has 3 heterocycles. The summed E-state index contributed by atoms with van der Waals surface area (Å²) in [6, 6.07) is 11.4. The first kappa shape index (κ1) is 14.6. The largest absolute Gasteiger partial charge is 0.467 e. The third kappa shape index (κ3) is 3.06. The number of aromatic nitrogens is 4. The Hall–Kier alpha value is -2.94. The fourth-order valence-corrected chi connectivity index (χ4v) is 2.53. The first-order valence-electron chi connectivity index (χ1n) is 7.07. The van der Waals surface area contributed by atoms with Crippen molar-refractivity contribution < 1.29 is 9.05 Å². The Morgan fingerprint density at radius 1 is 1.00 bits per heavy atom. The van der Waals surface area contributed by atoms with E-state index in [1.807, 2.05) is 36.4 Å². The second-order valence-corrected chi connectivity index (χ2v) is 5.82. The van der Waals surface area contributed by atoms with Crippen molar-refractivity contribution in [1.82, 2.24) is 20.3 Å². The Morgan fingerprint density at radius 3 is 2.58 bits per heavy atom. The van der Waals surface area contributed by atoms with Crippen LogP contribution in [0.2, 0.25) is 0 Å². The second kappa shape index (κ2) is 6.28. The molecule has 4 rings (SSSR count). The maximum atomic E-state index is 5.32. The Morgan fingerprint density at radius 2 is 1.83 bits per heavy atom. The van der Waals surface area contributed by atoms with Gasteiger partial charge in [-0.2, -0.15) is 0 Å². The van der Waals surface area contributed by atoms with E-state index in [4.69, 9.17) is 4.42 Å². The third-order valence-corrected chi connectivity index (χ3v) is 3.71. The highest BCUT2D eigenvalue weighted by Crippen LogP contribution is 2.25. The van der Waals surface area contributed by atoms with Gasteiger partial charge in [0, 0.05) is 10.2 Å². The molecular weight excluding hydrogens is 376 g/mol. The molecule has 0 radical (unpaired) electrons. The molecule has 2 N–H and O–H groups in total. The molecule has 0 aliphatic heterocycles. The molecule has 0 aliphatic carbocycles. The molecule has 0 unspecified atom stereocenters. The zero-order valence-electron chi connectivity index (χ0n) is 12.2. The summed E-state index contributed by atoms with van der Waals surface area (Å²) in [7, 11) is 0. The highest BCUT2D eigenvalue weighted by molar-refractivity contribution is 9.10. The van der Waals surface area contributed by atoms with Gasteiger partial charge >= 0.3 is 0 Å². The van der Waals surface area contributed by atoms with Crippen LogP contribution in [0.4, 0.5) is 17.3 Å². The second-order valence-electron chi connectivity index (χ2n) is 4.90. The molecular formula is C15H11BrN6O2. The number of nitrogens with one attached hydrogen (secondary N) is 2. The zero-order chi connectivity index (χ0) is 16.4. The smallest absolute Gasteiger partial charge is 0.245 e. The molecule has 0 atom stereocenters. The van der Waals surface area contributed by atoms with Crippen molar-refractivity contribution >= 4 is 44.5 Å². The average Bonchev–Trinajstić information content (AvgIpc) is 3.24. The molecule has 1 aromatic carbocycles. The molecule has 0 saturated heterocycles. The van der Waals surface area contributed by atoms with Gasteiger partial charge in [-0.25, -0.2) is 14.6 Å². The van der Waals surface area contributed by atoms with Gasteiger partial charge in [0.2, 0.25) is 11.3 Å². The number of hydrogen-bond acceptors (Lipinski definition) is 8. The number of benzene rings is 1. The molecule has 0 spiro atoms. The number of halogens is 1. The molecule has 120 valence electrons. The van der Waals surface area contributed by atoms with Crippen LogP contribution in [0.15, 0.2) is 56.2 Å². The Balaban J connectivity index is 1.67. The van der Waals surface area contributed by atoms with Gasteiger partial charge in [0.1, 0.15) is 5.76 Å². The van der Waals surface area contributed by atoms with E-state index in [-0.39, 0.29) is 0 Å². The van der Waals surface area contributed by atoms with Crippen LogP contribution in [-0.2, 0) is 6.54 Å². The predicted octanol–water partition coefficient (Wildman–Crippen LogP) is 3.72. The van der Waals surface area contributed by atoms with Gasteiger partial charge in [-0.1, -0.05) is 22.0 Å². The monoisotopic (exact) mass is 386 g/mol. The number of furan rings is 1. The van der Waals surface area contributed by atoms with Gasteiger partial charge in [0.15, 0.2) is 11.6 Å². The highest BCUT2D eigenvalue weighted by Gasteiger charge is 2.13. The standard InChI is InChI=1S/C15H11BrN6O2/c16-9-3-1-4-10(7-9)18-13-12(17-8-11-5-2-6-23-11)19-14-15(20-13)22-24-21-14/h1-7H,8H2,(H,17,19,21)(H,18,20,22). The van der Waals surface area contributed by atoms with Gasteiger partial charge < -0.3 is 15.1 Å². The van der Waals surface area contributed by atoms with Crippen molar-refractivity contribution in [2.45, 2.75) is 6.54 Å². The van der Waals surface area contributed by atoms with Crippen molar-refractivity contribution in [2.75, 3.05) is 10.6 Å². The van der Waals surface area contributed by atoms with E-state index in [0.29, 0.717) is 29.5 Å². The number of rotatable bonds is 5. The minimum atomic E-state index is 0.330. The van der Waals surface area contributed by atoms with Gasteiger partial charge in [-0.3, -0.25) is 0 Å². The minimum Gasteiger partial charge on any atom is -0.467 e. The molecule has 0 amide bonds. The Bertz CT molecular complexity index is 969. The summed E-state index contributed by atoms with van der Waals surface area (Å²) < 4.78 is 11.0. The molecule has 8 nitrogen and oxygen atoms in total. The molecule has 4 aromatic rings. The van der Waals surface area contributed by atoms with E-state index >= 15 is 0 Å². The van der Waals surface area contributed by atoms with Crippen molar-refractivity contribution in [2.24, 2.45) is 0 Å². The molecule has 3 aromatic heterocycles. The highest BCUT2D eigenvalue weighted by atomic mass is 79.9. The van der Waals surface area contributed by atoms with Crippen LogP contribution in [0, 0.1) is 0 Å². The van der Waals surface area contributed by atoms with Gasteiger partial charge in [0.05, 0.1) is 12.8 Å². The van der Waals surface area contributed by atoms with Crippen molar-refractivity contribution in [1.29, 1.82) is 0 Å². The molecule has 0 fully saturated rings. The van der Waals surface area contributed by atoms with Crippen molar-refractivity contribution in [3.63, 3.8) is 0 Å². The molecule has 0 bridgehead atoms. The average molecular weight is 387 g/mol. The van der Waals surface area contributed by atoms with Gasteiger partial charge in [-0.05, 0) is 40.6 Å². The van der Waals surface area contributed by atoms with Crippen LogP contribution in [-0.4, -0.2) is 20.3 Å². The van der Waals surface area contributed by atoms with Crippen LogP contribution in [0.3, 0.4) is 0 Å². The molecule has 0 aliphatic rings. The lowest BCUT2D eigenvalue weighted by atomic mass is 10.3. The number of nitrogens with zero attached hydrogens (tertiary/aromatic N) is 4. The summed E-state index contributed by atoms with van der Waals surface area (Å²) in [5, 5.41) is 13.9. The minimum absolute atomic E-state index is 0.330. The first-order valence-corrected chi connectivity index (χ1v) is 7.86. The van der Waals surface area contributed by atoms with Crippen molar-refractivity contribution in [3.05, 3.63) is 52.9 Å². The van der Waals surface area contributed by atoms with E-state index in [1.54, 1.807) is 6.26 Å². The summed E-state index contributed by atoms with van der Waals surface area (Å²) in [6.07, 6.45) is 1.62. The summed E-state index contributed by atoms with van der Waals surface area (Å²) in [4.78, 5) is 8.81. The lowest BCUT2D eigenvalue weighted by Gasteiger charge is -2.11. The van der Waals surface area contributed by atoms with Crippen LogP contribution in [0.25, 0.3) is 11.3 Å². The van der Waals surface area contributed by atoms with Crippen LogP contribution >= 0.6 is 15.9 Å². The fourth-order valence-electron chi connectivity index (χ4n) is 2.14. The van der Waals surface area contributed by atoms with E-state index in [9.17, 15) is 0 Å². The van der Waals surface area contributed by atoms with Gasteiger partial charge in [-0.15, -0.1) is 0 Å². The maximum absolute atomic E-state index is 5.32. The summed E-state index contributed by atoms with van der Waals surface area (Å²) >= 11 is 3.44. The number of fused-ring (bicyclic) bond motifs is 1. The van der Waals surface area contributed by atoms with E-state index in [2.05, 4.69) is 51.5 Å². The Labute approximate surface area is 144 Å². The SMILES string of the molecule is Brc1cccc(Nc2nc3nonc3nc2NCc2ccco2)c1. The predicted molar refractivity (Wildman–Crippen MR) is 90.9 cm³/mol. The molecule has 24 heavy (non-hydrogen) atoms.